The lowest BCUT2D eigenvalue weighted by Crippen LogP contribution is -2.50. The molecule has 10 heteroatoms. The second kappa shape index (κ2) is 12.4. The van der Waals surface area contributed by atoms with Gasteiger partial charge >= 0.3 is 5.97 Å². The summed E-state index contributed by atoms with van der Waals surface area (Å²) < 4.78 is 0. The second-order valence-electron chi connectivity index (χ2n) is 9.21. The molecule has 0 saturated heterocycles. The number of phenolic OH excluding ortho intramolecular Hbond substituents is 1. The van der Waals surface area contributed by atoms with Gasteiger partial charge in [-0.25, -0.2) is 10.6 Å². The van der Waals surface area contributed by atoms with Crippen LogP contribution < -0.4 is 11.2 Å². The van der Waals surface area contributed by atoms with Gasteiger partial charge in [-0.2, -0.15) is 0 Å². The molecule has 4 aromatic rings. The highest BCUT2D eigenvalue weighted by Crippen LogP contribution is 2.22. The van der Waals surface area contributed by atoms with Crippen molar-refractivity contribution in [2.45, 2.75) is 25.4 Å². The van der Waals surface area contributed by atoms with Gasteiger partial charge in [0.25, 0.3) is 11.8 Å². The van der Waals surface area contributed by atoms with Gasteiger partial charge in [0.05, 0.1) is 10.6 Å². The number of rotatable bonds is 10. The fourth-order valence-corrected chi connectivity index (χ4v) is 4.49. The maximum atomic E-state index is 13.0. The van der Waals surface area contributed by atoms with Gasteiger partial charge in [0.2, 0.25) is 0 Å². The van der Waals surface area contributed by atoms with E-state index in [-0.39, 0.29) is 34.9 Å². The highest BCUT2D eigenvalue weighted by Gasteiger charge is 2.31. The van der Waals surface area contributed by atoms with Gasteiger partial charge in [-0.3, -0.25) is 19.4 Å². The molecule has 5 N–H and O–H groups in total. The molecule has 0 radical (unpaired) electrons. The normalized spacial score (nSPS) is 11.6. The summed E-state index contributed by atoms with van der Waals surface area (Å²) in [5.41, 5.74) is 1.43. The third-order valence-electron chi connectivity index (χ3n) is 6.32. The lowest BCUT2D eigenvalue weighted by Gasteiger charge is -2.24. The maximum Gasteiger partial charge on any atom is 0.328 e. The molecule has 0 heterocycles. The number of hydrogen-bond donors (Lipinski definition) is 4. The minimum Gasteiger partial charge on any atom is -0.508 e. The van der Waals surface area contributed by atoms with Gasteiger partial charge in [0.1, 0.15) is 11.5 Å². The smallest absolute Gasteiger partial charge is 0.328 e. The summed E-state index contributed by atoms with van der Waals surface area (Å²) in [5.74, 6) is 2.72. The van der Waals surface area contributed by atoms with E-state index in [2.05, 4.69) is 5.32 Å². The number of phenols is 1. The van der Waals surface area contributed by atoms with Crippen LogP contribution in [0.1, 0.15) is 38.3 Å². The first-order valence-corrected chi connectivity index (χ1v) is 12.7. The molecule has 40 heavy (non-hydrogen) atoms. The number of amides is 2. The summed E-state index contributed by atoms with van der Waals surface area (Å²) in [5, 5.41) is 24.3. The van der Waals surface area contributed by atoms with Crippen molar-refractivity contribution in [3.05, 3.63) is 112 Å². The topological polar surface area (TPSA) is 150 Å². The van der Waals surface area contributed by atoms with Crippen LogP contribution in [-0.4, -0.2) is 44.8 Å². The Morgan fingerprint density at radius 1 is 0.875 bits per heavy atom. The Morgan fingerprint density at radius 2 is 1.62 bits per heavy atom. The molecule has 204 valence electrons. The van der Waals surface area contributed by atoms with Gasteiger partial charge in [-0.05, 0) is 52.2 Å². The molecular weight excluding hydrogens is 534 g/mol. The van der Waals surface area contributed by atoms with Crippen LogP contribution in [0.2, 0.25) is 5.02 Å². The number of aliphatic carboxylic acids is 1. The fourth-order valence-electron chi connectivity index (χ4n) is 4.23. The van der Waals surface area contributed by atoms with Crippen LogP contribution in [0.5, 0.6) is 5.75 Å². The number of carboxylic acid groups (broad SMARTS) is 1. The molecule has 0 saturated carbocycles. The van der Waals surface area contributed by atoms with E-state index in [0.29, 0.717) is 16.1 Å². The van der Waals surface area contributed by atoms with Crippen molar-refractivity contribution < 1.29 is 29.4 Å². The van der Waals surface area contributed by atoms with Crippen molar-refractivity contribution in [1.82, 2.24) is 10.3 Å². The minimum atomic E-state index is -1.62. The summed E-state index contributed by atoms with van der Waals surface area (Å²) in [6, 6.07) is 21.8. The summed E-state index contributed by atoms with van der Waals surface area (Å²) in [6.07, 6.45) is -0.526. The molecule has 0 aliphatic rings. The first-order chi connectivity index (χ1) is 19.1. The van der Waals surface area contributed by atoms with Crippen molar-refractivity contribution in [2.75, 3.05) is 0 Å². The Balaban J connectivity index is 1.41. The van der Waals surface area contributed by atoms with Crippen molar-refractivity contribution in [2.24, 2.45) is 5.84 Å². The van der Waals surface area contributed by atoms with E-state index in [1.807, 2.05) is 36.4 Å². The first-order valence-electron chi connectivity index (χ1n) is 12.3. The van der Waals surface area contributed by atoms with Crippen molar-refractivity contribution in [3.63, 3.8) is 0 Å². The van der Waals surface area contributed by atoms with E-state index in [1.165, 1.54) is 30.3 Å². The minimum absolute atomic E-state index is 0.0240. The number of nitrogens with one attached hydrogen (secondary N) is 1. The molecule has 0 aliphatic heterocycles. The van der Waals surface area contributed by atoms with Crippen molar-refractivity contribution in [3.8, 4) is 5.75 Å². The highest BCUT2D eigenvalue weighted by atomic mass is 35.5. The third-order valence-corrected chi connectivity index (χ3v) is 6.63. The monoisotopic (exact) mass is 559 g/mol. The maximum absolute atomic E-state index is 13.0. The predicted octanol–water partition coefficient (Wildman–Crippen LogP) is 4.10. The largest absolute Gasteiger partial charge is 0.508 e. The second-order valence-corrected chi connectivity index (χ2v) is 9.62. The zero-order valence-electron chi connectivity index (χ0n) is 21.2. The van der Waals surface area contributed by atoms with Crippen LogP contribution >= 0.6 is 11.6 Å². The zero-order chi connectivity index (χ0) is 28.8. The number of ketones is 1. The molecule has 9 nitrogen and oxygen atoms in total. The Hall–Kier alpha value is -4.73. The Kier molecular flexibility index (Phi) is 8.78. The quantitative estimate of drug-likeness (QED) is 0.130. The number of nitrogens with two attached hydrogens (primary N) is 1. The number of halogens is 1. The van der Waals surface area contributed by atoms with E-state index in [0.717, 1.165) is 10.8 Å². The Morgan fingerprint density at radius 3 is 2.33 bits per heavy atom. The number of fused-ring (bicyclic) bond motifs is 1. The summed E-state index contributed by atoms with van der Waals surface area (Å²) >= 11 is 6.26. The molecule has 1 atom stereocenters. The lowest BCUT2D eigenvalue weighted by atomic mass is 10.00. The number of hydrogen-bond acceptors (Lipinski definition) is 6. The van der Waals surface area contributed by atoms with Gasteiger partial charge in [-0.15, -0.1) is 0 Å². The molecule has 0 aromatic heterocycles. The average Bonchev–Trinajstić information content (AvgIpc) is 2.93. The summed E-state index contributed by atoms with van der Waals surface area (Å²) in [7, 11) is 0. The van der Waals surface area contributed by atoms with Crippen LogP contribution in [0, 0.1) is 0 Å². The predicted molar refractivity (Wildman–Crippen MR) is 150 cm³/mol. The van der Waals surface area contributed by atoms with E-state index in [9.17, 15) is 29.4 Å². The third kappa shape index (κ3) is 6.82. The molecule has 0 aliphatic carbocycles. The molecule has 4 rings (SSSR count). The van der Waals surface area contributed by atoms with Gasteiger partial charge in [0.15, 0.2) is 6.04 Å². The SMILES string of the molecule is NN(C(=O)c1ccc(C(=O)NCc2cccc(O)c2)cc1Cl)[C@@H](CC(=O)Cc1ccc2ccccc2c1)C(=O)O. The number of Topliss-reactive ketones (excluding diaryl/α,β-unsaturated/α-hetero) is 1. The molecule has 0 spiro atoms. The first kappa shape index (κ1) is 28.3. The summed E-state index contributed by atoms with van der Waals surface area (Å²) in [6.45, 7) is 0.148. The zero-order valence-corrected chi connectivity index (χ0v) is 22.0. The molecule has 4 aromatic carbocycles. The number of benzene rings is 4. The molecule has 0 unspecified atom stereocenters. The molecule has 0 fully saturated rings. The van der Waals surface area contributed by atoms with Crippen LogP contribution in [-0.2, 0) is 22.6 Å². The van der Waals surface area contributed by atoms with Crippen molar-refractivity contribution >= 4 is 45.9 Å². The van der Waals surface area contributed by atoms with Crippen LogP contribution in [0.4, 0.5) is 0 Å². The summed E-state index contributed by atoms with van der Waals surface area (Å²) in [4.78, 5) is 50.3. The Labute approximate surface area is 234 Å². The number of carbonyl (C=O) groups is 4. The van der Waals surface area contributed by atoms with Crippen molar-refractivity contribution in [1.29, 1.82) is 0 Å². The number of carbonyl (C=O) groups excluding carboxylic acids is 3. The Bertz CT molecular complexity index is 1610. The lowest BCUT2D eigenvalue weighted by molar-refractivity contribution is -0.144. The number of aromatic hydroxyl groups is 1. The van der Waals surface area contributed by atoms with E-state index < -0.39 is 36.0 Å². The van der Waals surface area contributed by atoms with Gasteiger partial charge < -0.3 is 15.5 Å². The number of carboxylic acids is 1. The fraction of sp³-hybridized carbons (Fsp3) is 0.133. The highest BCUT2D eigenvalue weighted by molar-refractivity contribution is 6.34. The van der Waals surface area contributed by atoms with Crippen LogP contribution in [0.25, 0.3) is 10.8 Å². The van der Waals surface area contributed by atoms with Crippen LogP contribution in [0.3, 0.4) is 0 Å². The van der Waals surface area contributed by atoms with Gasteiger partial charge in [0, 0.05) is 24.9 Å². The molecule has 2 amide bonds. The number of nitrogens with zero attached hydrogens (tertiary/aromatic N) is 1. The van der Waals surface area contributed by atoms with Gasteiger partial charge in [-0.1, -0.05) is 66.2 Å². The van der Waals surface area contributed by atoms with E-state index >= 15 is 0 Å². The molecular formula is C30H26ClN3O6. The van der Waals surface area contributed by atoms with Crippen LogP contribution in [0.15, 0.2) is 84.9 Å². The standard InChI is InChI=1S/C30H26ClN3O6/c31-26-15-22(28(37)33-17-19-4-3-7-23(35)14-19)10-11-25(26)29(38)34(32)27(30(39)40)16-24(36)13-18-8-9-20-5-1-2-6-21(20)12-18/h1-12,14-15,27,35H,13,16-17,32H2,(H,33,37)(H,39,40)/t27-/m0/s1. The van der Waals surface area contributed by atoms with E-state index in [4.69, 9.17) is 17.4 Å². The average molecular weight is 560 g/mol. The number of hydrazine groups is 1. The molecule has 0 bridgehead atoms. The van der Waals surface area contributed by atoms with E-state index in [1.54, 1.807) is 18.2 Å².